The normalized spacial score (nSPS) is 21.2. The molecule has 84 valence electrons. The first-order chi connectivity index (χ1) is 7.49. The minimum Gasteiger partial charge on any atom is -0.388 e. The Morgan fingerprint density at radius 1 is 1.50 bits per heavy atom. The minimum atomic E-state index is -1.05. The second kappa shape index (κ2) is 3.68. The van der Waals surface area contributed by atoms with Crippen molar-refractivity contribution in [1.29, 1.82) is 0 Å². The fraction of sp³-hybridized carbons (Fsp3) is 0.182. The van der Waals surface area contributed by atoms with Crippen LogP contribution in [0, 0.1) is 11.6 Å². The molecule has 1 aromatic rings. The van der Waals surface area contributed by atoms with E-state index in [0.29, 0.717) is 11.6 Å². The van der Waals surface area contributed by atoms with Crippen LogP contribution in [-0.2, 0) is 4.79 Å². The second-order valence-corrected chi connectivity index (χ2v) is 3.64. The maximum Gasteiger partial charge on any atom is 0.241 e. The van der Waals surface area contributed by atoms with Crippen LogP contribution in [0.25, 0.3) is 5.57 Å². The smallest absolute Gasteiger partial charge is 0.241 e. The number of halogens is 2. The van der Waals surface area contributed by atoms with E-state index >= 15 is 0 Å². The van der Waals surface area contributed by atoms with E-state index in [-0.39, 0.29) is 17.5 Å². The number of rotatable bonds is 1. The molecule has 0 aliphatic heterocycles. The van der Waals surface area contributed by atoms with E-state index in [1.807, 2.05) is 0 Å². The molecule has 0 heterocycles. The lowest BCUT2D eigenvalue weighted by molar-refractivity contribution is -0.113. The van der Waals surface area contributed by atoms with Gasteiger partial charge >= 0.3 is 0 Å². The summed E-state index contributed by atoms with van der Waals surface area (Å²) >= 11 is 0. The summed E-state index contributed by atoms with van der Waals surface area (Å²) in [6, 6.07) is 1.79. The molecule has 0 bridgehead atoms. The maximum absolute atomic E-state index is 13.4. The van der Waals surface area contributed by atoms with Crippen LogP contribution in [0.1, 0.15) is 23.7 Å². The Morgan fingerprint density at radius 2 is 2.19 bits per heavy atom. The third-order valence-corrected chi connectivity index (χ3v) is 2.50. The molecule has 0 radical (unpaired) electrons. The molecule has 1 unspecified atom stereocenters. The van der Waals surface area contributed by atoms with E-state index in [1.54, 1.807) is 0 Å². The highest BCUT2D eigenvalue weighted by molar-refractivity contribution is 5.95. The number of hydrogen-bond acceptors (Lipinski definition) is 2. The summed E-state index contributed by atoms with van der Waals surface area (Å²) in [7, 11) is 0. The van der Waals surface area contributed by atoms with Crippen LogP contribution in [0.5, 0.6) is 0 Å². The zero-order valence-electron chi connectivity index (χ0n) is 8.21. The highest BCUT2D eigenvalue weighted by Gasteiger charge is 2.29. The Morgan fingerprint density at radius 3 is 2.81 bits per heavy atom. The van der Waals surface area contributed by atoms with E-state index in [9.17, 15) is 18.7 Å². The summed E-state index contributed by atoms with van der Waals surface area (Å²) in [4.78, 5) is 10.7. The zero-order valence-corrected chi connectivity index (χ0v) is 8.21. The second-order valence-electron chi connectivity index (χ2n) is 3.64. The van der Waals surface area contributed by atoms with Crippen molar-refractivity contribution in [3.63, 3.8) is 0 Å². The van der Waals surface area contributed by atoms with Crippen LogP contribution in [0.15, 0.2) is 18.2 Å². The molecule has 3 N–H and O–H groups in total. The van der Waals surface area contributed by atoms with E-state index in [0.717, 1.165) is 12.1 Å². The van der Waals surface area contributed by atoms with Gasteiger partial charge in [-0.25, -0.2) is 8.78 Å². The van der Waals surface area contributed by atoms with Gasteiger partial charge in [0.15, 0.2) is 0 Å². The molecule has 3 nitrogen and oxygen atoms in total. The molecule has 0 aromatic heterocycles. The first kappa shape index (κ1) is 10.8. The predicted molar refractivity (Wildman–Crippen MR) is 53.1 cm³/mol. The largest absolute Gasteiger partial charge is 0.388 e. The fourth-order valence-electron chi connectivity index (χ4n) is 1.92. The van der Waals surface area contributed by atoms with Gasteiger partial charge in [-0.05, 0) is 17.2 Å². The van der Waals surface area contributed by atoms with E-state index < -0.39 is 23.6 Å². The molecule has 1 amide bonds. The summed E-state index contributed by atoms with van der Waals surface area (Å²) in [6.07, 6.45) is 0.0910. The van der Waals surface area contributed by atoms with Crippen molar-refractivity contribution in [3.05, 3.63) is 41.0 Å². The number of aliphatic hydroxyl groups excluding tert-OH is 1. The third kappa shape index (κ3) is 1.69. The number of aliphatic hydroxyl groups is 1. The highest BCUT2D eigenvalue weighted by atomic mass is 19.1. The molecule has 0 saturated carbocycles. The quantitative estimate of drug-likeness (QED) is 0.707. The van der Waals surface area contributed by atoms with Crippen molar-refractivity contribution in [2.75, 3.05) is 0 Å². The first-order valence-corrected chi connectivity index (χ1v) is 4.66. The SMILES string of the molecule is NC(=O)/C=C1\CC(O)c2c(F)cc(F)cc21. The number of fused-ring (bicyclic) bond motifs is 1. The summed E-state index contributed by atoms with van der Waals surface area (Å²) in [5.74, 6) is -2.27. The lowest BCUT2D eigenvalue weighted by Gasteiger charge is -2.04. The van der Waals surface area contributed by atoms with Gasteiger partial charge in [-0.3, -0.25) is 4.79 Å². The molecule has 1 aromatic carbocycles. The first-order valence-electron chi connectivity index (χ1n) is 4.66. The molecule has 5 heteroatoms. The Bertz CT molecular complexity index is 497. The average Bonchev–Trinajstić information content (AvgIpc) is 2.41. The average molecular weight is 225 g/mol. The summed E-state index contributed by atoms with van der Waals surface area (Å²) in [5, 5.41) is 9.58. The van der Waals surface area contributed by atoms with Crippen LogP contribution >= 0.6 is 0 Å². The van der Waals surface area contributed by atoms with Crippen molar-refractivity contribution >= 4 is 11.5 Å². The third-order valence-electron chi connectivity index (χ3n) is 2.50. The lowest BCUT2D eigenvalue weighted by atomic mass is 10.1. The maximum atomic E-state index is 13.4. The number of hydrogen-bond donors (Lipinski definition) is 2. The summed E-state index contributed by atoms with van der Waals surface area (Å²) in [5.41, 5.74) is 5.56. The highest BCUT2D eigenvalue weighted by Crippen LogP contribution is 2.41. The minimum absolute atomic E-state index is 0.0221. The lowest BCUT2D eigenvalue weighted by Crippen LogP contribution is -2.06. The molecule has 0 saturated heterocycles. The van der Waals surface area contributed by atoms with Gasteiger partial charge in [0.25, 0.3) is 0 Å². The number of carbonyl (C=O) groups excluding carboxylic acids is 1. The number of carbonyl (C=O) groups is 1. The van der Waals surface area contributed by atoms with Gasteiger partial charge in [-0.15, -0.1) is 0 Å². The fourth-order valence-corrected chi connectivity index (χ4v) is 1.92. The van der Waals surface area contributed by atoms with Crippen LogP contribution in [0.3, 0.4) is 0 Å². The van der Waals surface area contributed by atoms with Crippen molar-refractivity contribution in [2.45, 2.75) is 12.5 Å². The van der Waals surface area contributed by atoms with Crippen molar-refractivity contribution in [1.82, 2.24) is 0 Å². The standard InChI is InChI=1S/C11H9F2NO2/c12-6-3-7-5(2-10(14)16)1-9(15)11(7)8(13)4-6/h2-4,9,15H,1H2,(H2,14,16)/b5-2+. The summed E-state index contributed by atoms with van der Waals surface area (Å²) < 4.78 is 26.4. The van der Waals surface area contributed by atoms with Crippen LogP contribution in [-0.4, -0.2) is 11.0 Å². The van der Waals surface area contributed by atoms with Gasteiger partial charge in [0.2, 0.25) is 5.91 Å². The predicted octanol–water partition coefficient (Wildman–Crippen LogP) is 1.27. The number of primary amides is 1. The number of benzene rings is 1. The molecule has 1 aliphatic carbocycles. The van der Waals surface area contributed by atoms with Gasteiger partial charge in [0.05, 0.1) is 6.10 Å². The molecule has 1 atom stereocenters. The molecule has 0 spiro atoms. The Balaban J connectivity index is 2.61. The zero-order chi connectivity index (χ0) is 11.9. The van der Waals surface area contributed by atoms with Crippen LogP contribution in [0.4, 0.5) is 8.78 Å². The molecular weight excluding hydrogens is 216 g/mol. The van der Waals surface area contributed by atoms with Gasteiger partial charge in [-0.1, -0.05) is 0 Å². The van der Waals surface area contributed by atoms with Crippen molar-refractivity contribution < 1.29 is 18.7 Å². The van der Waals surface area contributed by atoms with Crippen molar-refractivity contribution in [3.8, 4) is 0 Å². The number of nitrogens with two attached hydrogens (primary N) is 1. The molecule has 16 heavy (non-hydrogen) atoms. The molecule has 0 fully saturated rings. The van der Waals surface area contributed by atoms with E-state index in [1.165, 1.54) is 0 Å². The van der Waals surface area contributed by atoms with Gasteiger partial charge in [0.1, 0.15) is 11.6 Å². The van der Waals surface area contributed by atoms with E-state index in [4.69, 9.17) is 5.73 Å². The van der Waals surface area contributed by atoms with Crippen LogP contribution in [0.2, 0.25) is 0 Å². The molecule has 1 aliphatic rings. The Kier molecular flexibility index (Phi) is 2.47. The van der Waals surface area contributed by atoms with E-state index in [2.05, 4.69) is 0 Å². The Labute approximate surface area is 90.2 Å². The van der Waals surface area contributed by atoms with Gasteiger partial charge in [-0.2, -0.15) is 0 Å². The van der Waals surface area contributed by atoms with Gasteiger partial charge in [0, 0.05) is 24.1 Å². The molecular formula is C11H9F2NO2. The summed E-state index contributed by atoms with van der Waals surface area (Å²) in [6.45, 7) is 0. The topological polar surface area (TPSA) is 63.3 Å². The van der Waals surface area contributed by atoms with Crippen LogP contribution < -0.4 is 5.73 Å². The monoisotopic (exact) mass is 225 g/mol. The Hall–Kier alpha value is -1.75. The van der Waals surface area contributed by atoms with Gasteiger partial charge < -0.3 is 10.8 Å². The molecule has 2 rings (SSSR count). The number of amides is 1. The van der Waals surface area contributed by atoms with Crippen molar-refractivity contribution in [2.24, 2.45) is 5.73 Å².